The molecule has 1 aliphatic rings. The van der Waals surface area contributed by atoms with Crippen molar-refractivity contribution >= 4 is 17.7 Å². The normalized spacial score (nSPS) is 14.7. The molecule has 3 heterocycles. The summed E-state index contributed by atoms with van der Waals surface area (Å²) in [7, 11) is 0. The molecule has 0 aliphatic carbocycles. The van der Waals surface area contributed by atoms with Gasteiger partial charge in [-0.2, -0.15) is 4.98 Å². The Bertz CT molecular complexity index is 954. The van der Waals surface area contributed by atoms with Gasteiger partial charge in [0, 0.05) is 38.8 Å². The van der Waals surface area contributed by atoms with Gasteiger partial charge in [-0.3, -0.25) is 20.1 Å². The van der Waals surface area contributed by atoms with Crippen molar-refractivity contribution in [2.24, 2.45) is 0 Å². The molecule has 0 saturated carbocycles. The molecule has 1 aromatic carbocycles. The van der Waals surface area contributed by atoms with Crippen LogP contribution in [0.25, 0.3) is 0 Å². The third kappa shape index (κ3) is 5.14. The van der Waals surface area contributed by atoms with Crippen molar-refractivity contribution in [3.05, 3.63) is 65.9 Å². The number of piperazine rings is 1. The third-order valence-corrected chi connectivity index (χ3v) is 4.76. The van der Waals surface area contributed by atoms with E-state index in [1.807, 2.05) is 24.3 Å². The van der Waals surface area contributed by atoms with Gasteiger partial charge in [0.25, 0.3) is 0 Å². The molecule has 0 bridgehead atoms. The lowest BCUT2D eigenvalue weighted by Gasteiger charge is -2.34. The lowest BCUT2D eigenvalue weighted by Crippen LogP contribution is -2.49. The van der Waals surface area contributed by atoms with E-state index in [-0.39, 0.29) is 24.2 Å². The van der Waals surface area contributed by atoms with Gasteiger partial charge in [0.05, 0.1) is 6.54 Å². The molecule has 3 aromatic rings. The van der Waals surface area contributed by atoms with Crippen molar-refractivity contribution in [1.82, 2.24) is 25.1 Å². The van der Waals surface area contributed by atoms with Crippen molar-refractivity contribution < 1.29 is 9.18 Å². The summed E-state index contributed by atoms with van der Waals surface area (Å²) in [5.74, 6) is 1.30. The monoisotopic (exact) mass is 395 g/mol. The second-order valence-electron chi connectivity index (χ2n) is 6.91. The fraction of sp³-hybridized carbons (Fsp3) is 0.300. The standard InChI is InChI=1S/C20H22FN7O/c21-16-5-3-4-15(12-16)13-17-23-20(26-25-17)24-19(29)14-27-8-10-28(11-9-27)18-6-1-2-7-22-18/h1-7,12H,8-11,13-14H2,(H2,23,24,25,26,29). The average Bonchev–Trinajstić information content (AvgIpc) is 3.15. The summed E-state index contributed by atoms with van der Waals surface area (Å²) in [6.45, 7) is 3.49. The van der Waals surface area contributed by atoms with Crippen LogP contribution in [0.1, 0.15) is 11.4 Å². The van der Waals surface area contributed by atoms with Crippen molar-refractivity contribution in [2.75, 3.05) is 42.9 Å². The maximum Gasteiger partial charge on any atom is 0.248 e. The van der Waals surface area contributed by atoms with E-state index in [1.165, 1.54) is 12.1 Å². The van der Waals surface area contributed by atoms with Crippen molar-refractivity contribution in [1.29, 1.82) is 0 Å². The number of rotatable bonds is 6. The van der Waals surface area contributed by atoms with E-state index in [4.69, 9.17) is 0 Å². The molecule has 1 aliphatic heterocycles. The summed E-state index contributed by atoms with van der Waals surface area (Å²) in [4.78, 5) is 25.3. The first kappa shape index (κ1) is 19.0. The molecular formula is C20H22FN7O. The highest BCUT2D eigenvalue weighted by Crippen LogP contribution is 2.13. The van der Waals surface area contributed by atoms with Crippen LogP contribution < -0.4 is 10.2 Å². The fourth-order valence-electron chi connectivity index (χ4n) is 3.31. The number of nitrogens with one attached hydrogen (secondary N) is 2. The third-order valence-electron chi connectivity index (χ3n) is 4.76. The SMILES string of the molecule is O=C(CN1CCN(c2ccccn2)CC1)Nc1n[nH]c(Cc2cccc(F)c2)n1. The number of aromatic amines is 1. The number of anilines is 2. The number of hydrogen-bond acceptors (Lipinski definition) is 6. The van der Waals surface area contributed by atoms with Crippen LogP contribution in [0.15, 0.2) is 48.7 Å². The molecule has 2 N–H and O–H groups in total. The minimum Gasteiger partial charge on any atom is -0.354 e. The Morgan fingerprint density at radius 3 is 2.76 bits per heavy atom. The Morgan fingerprint density at radius 2 is 2.00 bits per heavy atom. The number of amides is 1. The highest BCUT2D eigenvalue weighted by molar-refractivity contribution is 5.90. The molecule has 0 unspecified atom stereocenters. The molecule has 150 valence electrons. The predicted octanol–water partition coefficient (Wildman–Crippen LogP) is 1.69. The molecule has 9 heteroatoms. The number of aromatic nitrogens is 4. The number of nitrogens with zero attached hydrogens (tertiary/aromatic N) is 5. The van der Waals surface area contributed by atoms with Crippen molar-refractivity contribution in [2.45, 2.75) is 6.42 Å². The predicted molar refractivity (Wildman–Crippen MR) is 107 cm³/mol. The van der Waals surface area contributed by atoms with Crippen molar-refractivity contribution in [3.8, 4) is 0 Å². The quantitative estimate of drug-likeness (QED) is 0.660. The van der Waals surface area contributed by atoms with Gasteiger partial charge in [-0.05, 0) is 29.8 Å². The molecule has 1 fully saturated rings. The maximum absolute atomic E-state index is 13.3. The van der Waals surface area contributed by atoms with Crippen LogP contribution in [0.5, 0.6) is 0 Å². The van der Waals surface area contributed by atoms with E-state index in [2.05, 4.69) is 35.3 Å². The summed E-state index contributed by atoms with van der Waals surface area (Å²) in [6, 6.07) is 12.2. The van der Waals surface area contributed by atoms with Gasteiger partial charge < -0.3 is 4.90 Å². The number of hydrogen-bond donors (Lipinski definition) is 2. The number of pyridine rings is 1. The second kappa shape index (κ2) is 8.78. The first-order valence-corrected chi connectivity index (χ1v) is 9.49. The molecule has 0 spiro atoms. The lowest BCUT2D eigenvalue weighted by molar-refractivity contribution is -0.117. The summed E-state index contributed by atoms with van der Waals surface area (Å²) >= 11 is 0. The van der Waals surface area contributed by atoms with Gasteiger partial charge in [0.1, 0.15) is 17.5 Å². The largest absolute Gasteiger partial charge is 0.354 e. The van der Waals surface area contributed by atoms with Crippen LogP contribution in [0.3, 0.4) is 0 Å². The average molecular weight is 395 g/mol. The van der Waals surface area contributed by atoms with Gasteiger partial charge in [-0.1, -0.05) is 18.2 Å². The van der Waals surface area contributed by atoms with Gasteiger partial charge in [-0.15, -0.1) is 5.10 Å². The minimum atomic E-state index is -0.293. The van der Waals surface area contributed by atoms with E-state index in [9.17, 15) is 9.18 Å². The molecule has 29 heavy (non-hydrogen) atoms. The van der Waals surface area contributed by atoms with Crippen LogP contribution in [-0.2, 0) is 11.2 Å². The van der Waals surface area contributed by atoms with E-state index in [0.29, 0.717) is 12.2 Å². The smallest absolute Gasteiger partial charge is 0.248 e. The number of halogens is 1. The van der Waals surface area contributed by atoms with Crippen LogP contribution >= 0.6 is 0 Å². The van der Waals surface area contributed by atoms with E-state index < -0.39 is 0 Å². The number of carbonyl (C=O) groups is 1. The van der Waals surface area contributed by atoms with Crippen LogP contribution in [0.2, 0.25) is 0 Å². The first-order chi connectivity index (χ1) is 14.2. The van der Waals surface area contributed by atoms with Gasteiger partial charge >= 0.3 is 0 Å². The van der Waals surface area contributed by atoms with Crippen LogP contribution in [-0.4, -0.2) is 63.7 Å². The maximum atomic E-state index is 13.3. The molecule has 0 radical (unpaired) electrons. The Morgan fingerprint density at radius 1 is 1.14 bits per heavy atom. The van der Waals surface area contributed by atoms with Gasteiger partial charge in [0.15, 0.2) is 0 Å². The summed E-state index contributed by atoms with van der Waals surface area (Å²) in [5.41, 5.74) is 0.782. The zero-order valence-corrected chi connectivity index (χ0v) is 15.9. The topological polar surface area (TPSA) is 90.0 Å². The van der Waals surface area contributed by atoms with E-state index in [1.54, 1.807) is 12.3 Å². The minimum absolute atomic E-state index is 0.160. The second-order valence-corrected chi connectivity index (χ2v) is 6.91. The molecule has 0 atom stereocenters. The molecule has 4 rings (SSSR count). The van der Waals surface area contributed by atoms with Crippen LogP contribution in [0, 0.1) is 5.82 Å². The molecule has 8 nitrogen and oxygen atoms in total. The van der Waals surface area contributed by atoms with Gasteiger partial charge in [0.2, 0.25) is 11.9 Å². The zero-order valence-electron chi connectivity index (χ0n) is 15.9. The molecular weight excluding hydrogens is 373 g/mol. The van der Waals surface area contributed by atoms with Crippen LogP contribution in [0.4, 0.5) is 16.2 Å². The lowest BCUT2D eigenvalue weighted by atomic mass is 10.1. The fourth-order valence-corrected chi connectivity index (χ4v) is 3.31. The zero-order chi connectivity index (χ0) is 20.1. The Labute approximate surface area is 167 Å². The summed E-state index contributed by atoms with van der Waals surface area (Å²) in [6.07, 6.45) is 2.20. The van der Waals surface area contributed by atoms with E-state index >= 15 is 0 Å². The number of H-pyrrole nitrogens is 1. The highest BCUT2D eigenvalue weighted by atomic mass is 19.1. The number of benzene rings is 1. The highest BCUT2D eigenvalue weighted by Gasteiger charge is 2.20. The summed E-state index contributed by atoms with van der Waals surface area (Å²) < 4.78 is 13.3. The number of carbonyl (C=O) groups excluding carboxylic acids is 1. The molecule has 2 aromatic heterocycles. The Hall–Kier alpha value is -3.33. The van der Waals surface area contributed by atoms with Crippen molar-refractivity contribution in [3.63, 3.8) is 0 Å². The Balaban J connectivity index is 1.25. The first-order valence-electron chi connectivity index (χ1n) is 9.49. The Kier molecular flexibility index (Phi) is 5.76. The van der Waals surface area contributed by atoms with E-state index in [0.717, 1.165) is 37.6 Å². The summed E-state index contributed by atoms with van der Waals surface area (Å²) in [5, 5.41) is 9.52. The molecule has 1 amide bonds. The van der Waals surface area contributed by atoms with Gasteiger partial charge in [-0.25, -0.2) is 9.37 Å². The molecule has 1 saturated heterocycles.